The molecule has 28 heavy (non-hydrogen) atoms. The van der Waals surface area contributed by atoms with Crippen molar-refractivity contribution in [3.63, 3.8) is 0 Å². The number of rotatable bonds is 3. The summed E-state index contributed by atoms with van der Waals surface area (Å²) in [6.45, 7) is 0.128. The van der Waals surface area contributed by atoms with Crippen molar-refractivity contribution in [1.29, 1.82) is 0 Å². The fourth-order valence-electron chi connectivity index (χ4n) is 2.94. The molecule has 0 fully saturated rings. The van der Waals surface area contributed by atoms with Crippen molar-refractivity contribution >= 4 is 11.6 Å². The second-order valence-corrected chi connectivity index (χ2v) is 6.14. The lowest BCUT2D eigenvalue weighted by Gasteiger charge is -2.12. The van der Waals surface area contributed by atoms with E-state index in [1.54, 1.807) is 42.5 Å². The quantitative estimate of drug-likeness (QED) is 0.661. The number of hydrogen-bond donors (Lipinski definition) is 1. The van der Waals surface area contributed by atoms with Crippen molar-refractivity contribution in [2.75, 3.05) is 12.1 Å². The largest absolute Gasteiger partial charge is 0.454 e. The molecule has 0 radical (unpaired) electrons. The molecule has 3 aromatic rings. The van der Waals surface area contributed by atoms with Gasteiger partial charge in [0.15, 0.2) is 11.5 Å². The highest BCUT2D eigenvalue weighted by Crippen LogP contribution is 2.35. The van der Waals surface area contributed by atoms with Crippen LogP contribution in [0.25, 0.3) is 11.1 Å². The number of carbonyl (C=O) groups excluding carboxylic acids is 1. The number of alkyl halides is 3. The average Bonchev–Trinajstić information content (AvgIpc) is 3.15. The minimum Gasteiger partial charge on any atom is -0.454 e. The number of anilines is 1. The molecule has 1 amide bonds. The van der Waals surface area contributed by atoms with Crippen LogP contribution in [-0.2, 0) is 6.18 Å². The monoisotopic (exact) mass is 385 g/mol. The van der Waals surface area contributed by atoms with Crippen LogP contribution in [-0.4, -0.2) is 12.7 Å². The molecular weight excluding hydrogens is 371 g/mol. The molecule has 0 aromatic heterocycles. The number of hydrogen-bond acceptors (Lipinski definition) is 3. The molecule has 0 saturated carbocycles. The van der Waals surface area contributed by atoms with Gasteiger partial charge in [-0.25, -0.2) is 0 Å². The third-order valence-corrected chi connectivity index (χ3v) is 4.33. The highest BCUT2D eigenvalue weighted by molar-refractivity contribution is 6.08. The van der Waals surface area contributed by atoms with Crippen molar-refractivity contribution in [3.8, 4) is 22.6 Å². The Morgan fingerprint density at radius 2 is 1.61 bits per heavy atom. The first-order chi connectivity index (χ1) is 13.4. The number of halogens is 3. The summed E-state index contributed by atoms with van der Waals surface area (Å²) < 4.78 is 48.9. The lowest BCUT2D eigenvalue weighted by atomic mass is 9.98. The normalized spacial score (nSPS) is 12.7. The lowest BCUT2D eigenvalue weighted by molar-refractivity contribution is -0.137. The second kappa shape index (κ2) is 6.92. The van der Waals surface area contributed by atoms with Crippen molar-refractivity contribution in [3.05, 3.63) is 77.9 Å². The van der Waals surface area contributed by atoms with E-state index in [0.717, 1.165) is 12.1 Å². The number of nitrogens with one attached hydrogen (secondary N) is 1. The van der Waals surface area contributed by atoms with E-state index in [1.165, 1.54) is 12.1 Å². The summed E-state index contributed by atoms with van der Waals surface area (Å²) in [7, 11) is 0. The number of benzene rings is 3. The molecule has 1 heterocycles. The van der Waals surface area contributed by atoms with Gasteiger partial charge in [0.05, 0.1) is 5.56 Å². The molecule has 4 nitrogen and oxygen atoms in total. The van der Waals surface area contributed by atoms with Crippen LogP contribution < -0.4 is 14.8 Å². The van der Waals surface area contributed by atoms with Crippen molar-refractivity contribution in [2.45, 2.75) is 6.18 Å². The minimum atomic E-state index is -4.41. The van der Waals surface area contributed by atoms with Crippen LogP contribution in [0.15, 0.2) is 66.7 Å². The molecule has 1 aliphatic rings. The summed E-state index contributed by atoms with van der Waals surface area (Å²) in [5, 5.41) is 2.78. The zero-order chi connectivity index (χ0) is 19.7. The van der Waals surface area contributed by atoms with E-state index < -0.39 is 11.7 Å². The SMILES string of the molecule is O=C(Nc1ccc2c(c1)OCO2)c1ccccc1-c1ccc(C(F)(F)F)cc1. The standard InChI is InChI=1S/C21H14F3NO3/c22-21(23,24)14-7-5-13(6-8-14)16-3-1-2-4-17(16)20(26)25-15-9-10-18-19(11-15)28-12-27-18/h1-11H,12H2,(H,25,26). The van der Waals surface area contributed by atoms with Gasteiger partial charge >= 0.3 is 6.18 Å². The van der Waals surface area contributed by atoms with Crippen molar-refractivity contribution in [1.82, 2.24) is 0 Å². The van der Waals surface area contributed by atoms with E-state index in [1.807, 2.05) is 0 Å². The molecule has 0 saturated heterocycles. The Hall–Kier alpha value is -3.48. The average molecular weight is 385 g/mol. The Balaban J connectivity index is 1.61. The first-order valence-electron chi connectivity index (χ1n) is 8.39. The first kappa shape index (κ1) is 17.9. The maximum absolute atomic E-state index is 12.8. The van der Waals surface area contributed by atoms with Gasteiger partial charge in [0, 0.05) is 17.3 Å². The molecule has 0 aliphatic carbocycles. The fourth-order valence-corrected chi connectivity index (χ4v) is 2.94. The number of amides is 1. The summed E-state index contributed by atoms with van der Waals surface area (Å²) in [5.74, 6) is 0.756. The van der Waals surface area contributed by atoms with Gasteiger partial charge in [-0.3, -0.25) is 4.79 Å². The Labute approximate surface area is 158 Å². The van der Waals surface area contributed by atoms with Gasteiger partial charge in [0.2, 0.25) is 6.79 Å². The Kier molecular flexibility index (Phi) is 4.43. The third-order valence-electron chi connectivity index (χ3n) is 4.33. The zero-order valence-corrected chi connectivity index (χ0v) is 14.4. The van der Waals surface area contributed by atoms with Crippen LogP contribution in [0.3, 0.4) is 0 Å². The Bertz CT molecular complexity index is 1030. The molecule has 142 valence electrons. The third kappa shape index (κ3) is 3.51. The predicted molar refractivity (Wildman–Crippen MR) is 97.4 cm³/mol. The van der Waals surface area contributed by atoms with Gasteiger partial charge in [-0.1, -0.05) is 30.3 Å². The van der Waals surface area contributed by atoms with Crippen molar-refractivity contribution < 1.29 is 27.4 Å². The summed E-state index contributed by atoms with van der Waals surface area (Å²) >= 11 is 0. The van der Waals surface area contributed by atoms with Crippen LogP contribution in [0, 0.1) is 0 Å². The Morgan fingerprint density at radius 1 is 0.893 bits per heavy atom. The van der Waals surface area contributed by atoms with Crippen LogP contribution in [0.4, 0.5) is 18.9 Å². The van der Waals surface area contributed by atoms with Crippen LogP contribution in [0.5, 0.6) is 11.5 Å². The maximum atomic E-state index is 12.8. The lowest BCUT2D eigenvalue weighted by Crippen LogP contribution is -2.13. The highest BCUT2D eigenvalue weighted by atomic mass is 19.4. The smallest absolute Gasteiger partial charge is 0.416 e. The van der Waals surface area contributed by atoms with Gasteiger partial charge < -0.3 is 14.8 Å². The van der Waals surface area contributed by atoms with E-state index in [9.17, 15) is 18.0 Å². The maximum Gasteiger partial charge on any atom is 0.416 e. The number of fused-ring (bicyclic) bond motifs is 1. The highest BCUT2D eigenvalue weighted by Gasteiger charge is 2.30. The summed E-state index contributed by atoms with van der Waals surface area (Å²) in [6.07, 6.45) is -4.41. The van der Waals surface area contributed by atoms with Crippen LogP contribution in [0.1, 0.15) is 15.9 Å². The second-order valence-electron chi connectivity index (χ2n) is 6.14. The molecule has 0 bridgehead atoms. The summed E-state index contributed by atoms with van der Waals surface area (Å²) in [6, 6.07) is 16.5. The van der Waals surface area contributed by atoms with Gasteiger partial charge in [-0.15, -0.1) is 0 Å². The van der Waals surface area contributed by atoms with Gasteiger partial charge in [-0.2, -0.15) is 13.2 Å². The molecule has 1 N–H and O–H groups in total. The number of ether oxygens (including phenoxy) is 2. The predicted octanol–water partition coefficient (Wildman–Crippen LogP) is 5.35. The Morgan fingerprint density at radius 3 is 2.36 bits per heavy atom. The molecule has 0 atom stereocenters. The molecule has 0 unspecified atom stereocenters. The van der Waals surface area contributed by atoms with Crippen molar-refractivity contribution in [2.24, 2.45) is 0 Å². The molecule has 1 aliphatic heterocycles. The van der Waals surface area contributed by atoms with Gasteiger partial charge in [-0.05, 0) is 41.5 Å². The van der Waals surface area contributed by atoms with Gasteiger partial charge in [0.25, 0.3) is 5.91 Å². The van der Waals surface area contributed by atoms with Gasteiger partial charge in [0.1, 0.15) is 0 Å². The van der Waals surface area contributed by atoms with E-state index in [2.05, 4.69) is 5.32 Å². The summed E-state index contributed by atoms with van der Waals surface area (Å²) in [4.78, 5) is 12.8. The first-order valence-corrected chi connectivity index (χ1v) is 8.39. The summed E-state index contributed by atoms with van der Waals surface area (Å²) in [5.41, 5.74) is 1.19. The van der Waals surface area contributed by atoms with E-state index >= 15 is 0 Å². The fraction of sp³-hybridized carbons (Fsp3) is 0.0952. The molecule has 4 rings (SSSR count). The van der Waals surface area contributed by atoms with Crippen LogP contribution in [0.2, 0.25) is 0 Å². The molecule has 3 aromatic carbocycles. The van der Waals surface area contributed by atoms with E-state index in [4.69, 9.17) is 9.47 Å². The van der Waals surface area contributed by atoms with Crippen LogP contribution >= 0.6 is 0 Å². The molecule has 0 spiro atoms. The number of carbonyl (C=O) groups is 1. The topological polar surface area (TPSA) is 47.6 Å². The molecular formula is C21H14F3NO3. The zero-order valence-electron chi connectivity index (χ0n) is 14.4. The van der Waals surface area contributed by atoms with E-state index in [-0.39, 0.29) is 12.7 Å². The molecule has 7 heteroatoms. The minimum absolute atomic E-state index is 0.128. The van der Waals surface area contributed by atoms with E-state index in [0.29, 0.717) is 33.9 Å².